The van der Waals surface area contributed by atoms with Crippen LogP contribution in [0.5, 0.6) is 11.5 Å². The number of rotatable bonds is 10. The molecule has 1 rings (SSSR count). The van der Waals surface area contributed by atoms with Crippen LogP contribution in [0.15, 0.2) is 24.3 Å². The topological polar surface area (TPSA) is 18.5 Å². The number of benzene rings is 1. The van der Waals surface area contributed by atoms with Crippen molar-refractivity contribution in [3.63, 3.8) is 0 Å². The molecule has 0 fully saturated rings. The molecule has 0 aliphatic heterocycles. The summed E-state index contributed by atoms with van der Waals surface area (Å²) in [4.78, 5) is 0. The average molecular weight is 296 g/mol. The summed E-state index contributed by atoms with van der Waals surface area (Å²) in [6.45, 7) is 7.85. The maximum absolute atomic E-state index is 6.03. The van der Waals surface area contributed by atoms with Gasteiger partial charge < -0.3 is 9.47 Å². The first kappa shape index (κ1) is 17.2. The van der Waals surface area contributed by atoms with Gasteiger partial charge in [0.25, 0.3) is 0 Å². The highest BCUT2D eigenvalue weighted by molar-refractivity contribution is 7.80. The smallest absolute Gasteiger partial charge is 0.123 e. The van der Waals surface area contributed by atoms with Gasteiger partial charge in [0.2, 0.25) is 0 Å². The lowest BCUT2D eigenvalue weighted by Gasteiger charge is -2.31. The molecule has 0 atom stereocenters. The Bertz CT molecular complexity index is 373. The second kappa shape index (κ2) is 9.17. The quantitative estimate of drug-likeness (QED) is 0.614. The Morgan fingerprint density at radius 3 is 2.10 bits per heavy atom. The third-order valence-electron chi connectivity index (χ3n) is 3.56. The Morgan fingerprint density at radius 1 is 1.00 bits per heavy atom. The number of thiol groups is 1. The van der Waals surface area contributed by atoms with Crippen molar-refractivity contribution in [2.45, 2.75) is 46.5 Å². The van der Waals surface area contributed by atoms with Gasteiger partial charge in [-0.05, 0) is 37.7 Å². The minimum Gasteiger partial charge on any atom is -0.494 e. The summed E-state index contributed by atoms with van der Waals surface area (Å²) < 4.78 is 11.5. The van der Waals surface area contributed by atoms with E-state index in [4.69, 9.17) is 9.47 Å². The van der Waals surface area contributed by atoms with Gasteiger partial charge in [-0.25, -0.2) is 0 Å². The van der Waals surface area contributed by atoms with E-state index < -0.39 is 0 Å². The molecular formula is C17H28O2S. The van der Waals surface area contributed by atoms with Crippen molar-refractivity contribution in [2.24, 2.45) is 5.41 Å². The molecule has 0 N–H and O–H groups in total. The molecule has 0 spiro atoms. The predicted octanol–water partition coefficient (Wildman–Crippen LogP) is 4.98. The van der Waals surface area contributed by atoms with Crippen LogP contribution < -0.4 is 9.47 Å². The van der Waals surface area contributed by atoms with Gasteiger partial charge in [-0.3, -0.25) is 0 Å². The molecule has 0 saturated carbocycles. The molecule has 0 heterocycles. The Kier molecular flexibility index (Phi) is 7.90. The van der Waals surface area contributed by atoms with Crippen molar-refractivity contribution in [2.75, 3.05) is 19.0 Å². The number of ether oxygens (including phenoxy) is 2. The lowest BCUT2D eigenvalue weighted by molar-refractivity contribution is 0.143. The molecule has 2 nitrogen and oxygen atoms in total. The van der Waals surface area contributed by atoms with E-state index in [0.717, 1.165) is 36.7 Å². The van der Waals surface area contributed by atoms with Crippen LogP contribution in [0.25, 0.3) is 0 Å². The van der Waals surface area contributed by atoms with Gasteiger partial charge in [-0.15, -0.1) is 0 Å². The Labute approximate surface area is 129 Å². The van der Waals surface area contributed by atoms with Crippen LogP contribution in [0.1, 0.15) is 46.5 Å². The van der Waals surface area contributed by atoms with E-state index in [9.17, 15) is 0 Å². The van der Waals surface area contributed by atoms with Gasteiger partial charge in [-0.1, -0.05) is 32.8 Å². The van der Waals surface area contributed by atoms with Crippen LogP contribution >= 0.6 is 12.6 Å². The Hall–Kier alpha value is -0.830. The monoisotopic (exact) mass is 296 g/mol. The average Bonchev–Trinajstić information content (AvgIpc) is 2.46. The molecule has 20 heavy (non-hydrogen) atoms. The van der Waals surface area contributed by atoms with E-state index in [2.05, 4.69) is 26.5 Å². The summed E-state index contributed by atoms with van der Waals surface area (Å²) >= 11 is 4.56. The third-order valence-corrected chi connectivity index (χ3v) is 4.23. The van der Waals surface area contributed by atoms with Crippen molar-refractivity contribution in [1.29, 1.82) is 0 Å². The zero-order valence-corrected chi connectivity index (χ0v) is 13.9. The summed E-state index contributed by atoms with van der Waals surface area (Å²) in [5.41, 5.74) is 0.189. The molecule has 1 aromatic rings. The maximum atomic E-state index is 6.03. The van der Waals surface area contributed by atoms with Gasteiger partial charge >= 0.3 is 0 Å². The standard InChI is InChI=1S/C17H28O2S/c1-4-10-17(14-20,11-5-2)13-19-16-9-7-8-15(12-16)18-6-3/h7-9,12,20H,4-6,10-11,13-14H2,1-3H3. The van der Waals surface area contributed by atoms with Crippen molar-refractivity contribution in [1.82, 2.24) is 0 Å². The van der Waals surface area contributed by atoms with Crippen LogP contribution in [0, 0.1) is 5.41 Å². The normalized spacial score (nSPS) is 11.4. The first-order chi connectivity index (χ1) is 9.69. The molecule has 0 aliphatic carbocycles. The third kappa shape index (κ3) is 5.28. The molecule has 0 bridgehead atoms. The second-order valence-electron chi connectivity index (χ2n) is 5.35. The minimum absolute atomic E-state index is 0.189. The molecule has 0 unspecified atom stereocenters. The highest BCUT2D eigenvalue weighted by Crippen LogP contribution is 2.32. The first-order valence-electron chi connectivity index (χ1n) is 7.66. The Balaban J connectivity index is 2.68. The molecule has 0 amide bonds. The van der Waals surface area contributed by atoms with Crippen molar-refractivity contribution in [3.8, 4) is 11.5 Å². The van der Waals surface area contributed by atoms with Crippen LogP contribution in [0.3, 0.4) is 0 Å². The van der Waals surface area contributed by atoms with Crippen LogP contribution in [-0.4, -0.2) is 19.0 Å². The molecule has 114 valence electrons. The highest BCUT2D eigenvalue weighted by atomic mass is 32.1. The van der Waals surface area contributed by atoms with E-state index in [-0.39, 0.29) is 5.41 Å². The molecular weight excluding hydrogens is 268 g/mol. The van der Waals surface area contributed by atoms with E-state index in [1.54, 1.807) is 0 Å². The summed E-state index contributed by atoms with van der Waals surface area (Å²) in [5.74, 6) is 2.63. The zero-order valence-electron chi connectivity index (χ0n) is 13.0. The Morgan fingerprint density at radius 2 is 1.60 bits per heavy atom. The number of hydrogen-bond donors (Lipinski definition) is 1. The summed E-state index contributed by atoms with van der Waals surface area (Å²) in [5, 5.41) is 0. The lowest BCUT2D eigenvalue weighted by Crippen LogP contribution is -2.30. The summed E-state index contributed by atoms with van der Waals surface area (Å²) in [7, 11) is 0. The molecule has 0 saturated heterocycles. The van der Waals surface area contributed by atoms with Crippen LogP contribution in [0.4, 0.5) is 0 Å². The molecule has 0 aliphatic rings. The fourth-order valence-corrected chi connectivity index (χ4v) is 3.00. The van der Waals surface area contributed by atoms with E-state index >= 15 is 0 Å². The first-order valence-corrected chi connectivity index (χ1v) is 8.29. The van der Waals surface area contributed by atoms with Crippen molar-refractivity contribution in [3.05, 3.63) is 24.3 Å². The second-order valence-corrected chi connectivity index (χ2v) is 5.67. The van der Waals surface area contributed by atoms with Crippen molar-refractivity contribution < 1.29 is 9.47 Å². The van der Waals surface area contributed by atoms with E-state index in [1.807, 2.05) is 31.2 Å². The zero-order chi connectivity index (χ0) is 14.8. The SMILES string of the molecule is CCCC(CS)(CCC)COc1cccc(OCC)c1. The molecule has 3 heteroatoms. The van der Waals surface area contributed by atoms with Gasteiger partial charge in [0.1, 0.15) is 11.5 Å². The van der Waals surface area contributed by atoms with Crippen LogP contribution in [0.2, 0.25) is 0 Å². The fourth-order valence-electron chi connectivity index (χ4n) is 2.59. The predicted molar refractivity (Wildman–Crippen MR) is 89.2 cm³/mol. The summed E-state index contributed by atoms with van der Waals surface area (Å²) in [6, 6.07) is 7.89. The van der Waals surface area contributed by atoms with Crippen molar-refractivity contribution >= 4 is 12.6 Å². The van der Waals surface area contributed by atoms with E-state index in [0.29, 0.717) is 6.61 Å². The molecule has 0 radical (unpaired) electrons. The van der Waals surface area contributed by atoms with Gasteiger partial charge in [0.05, 0.1) is 13.2 Å². The summed E-state index contributed by atoms with van der Waals surface area (Å²) in [6.07, 6.45) is 4.66. The lowest BCUT2D eigenvalue weighted by atomic mass is 9.82. The largest absolute Gasteiger partial charge is 0.494 e. The highest BCUT2D eigenvalue weighted by Gasteiger charge is 2.27. The van der Waals surface area contributed by atoms with Crippen LogP contribution in [-0.2, 0) is 0 Å². The van der Waals surface area contributed by atoms with Gasteiger partial charge in [0, 0.05) is 11.5 Å². The fraction of sp³-hybridized carbons (Fsp3) is 0.647. The number of hydrogen-bond acceptors (Lipinski definition) is 3. The molecule has 1 aromatic carbocycles. The maximum Gasteiger partial charge on any atom is 0.123 e. The van der Waals surface area contributed by atoms with Gasteiger partial charge in [0.15, 0.2) is 0 Å². The van der Waals surface area contributed by atoms with E-state index in [1.165, 1.54) is 12.8 Å². The minimum atomic E-state index is 0.189. The molecule has 0 aromatic heterocycles. The van der Waals surface area contributed by atoms with Gasteiger partial charge in [-0.2, -0.15) is 12.6 Å².